The molecule has 0 radical (unpaired) electrons. The van der Waals surface area contributed by atoms with Gasteiger partial charge in [-0.15, -0.1) is 12.4 Å². The highest BCUT2D eigenvalue weighted by molar-refractivity contribution is 5.93. The summed E-state index contributed by atoms with van der Waals surface area (Å²) in [6.07, 6.45) is 2.50. The Kier molecular flexibility index (Phi) is 5.56. The molecule has 0 heterocycles. The molecule has 0 aliphatic heterocycles. The molecule has 1 fully saturated rings. The van der Waals surface area contributed by atoms with E-state index < -0.39 is 0 Å². The first kappa shape index (κ1) is 14.9. The van der Waals surface area contributed by atoms with Crippen molar-refractivity contribution >= 4 is 24.0 Å². The molecule has 3 nitrogen and oxygen atoms in total. The molecule has 0 saturated heterocycles. The second kappa shape index (κ2) is 6.71. The molecule has 1 aromatic rings. The average molecular weight is 273 g/mol. The second-order valence-corrected chi connectivity index (χ2v) is 4.55. The molecule has 1 aliphatic rings. The van der Waals surface area contributed by atoms with Crippen molar-refractivity contribution < 1.29 is 9.18 Å². The minimum absolute atomic E-state index is 0. The van der Waals surface area contributed by atoms with Crippen LogP contribution in [-0.4, -0.2) is 19.0 Å². The molecule has 1 aliphatic carbocycles. The molecular formula is C13H18ClFN2O. The fourth-order valence-electron chi connectivity index (χ4n) is 1.69. The predicted molar refractivity (Wildman–Crippen MR) is 72.6 cm³/mol. The minimum Gasteiger partial charge on any atom is -0.322 e. The number of carbonyl (C=O) groups excluding carboxylic acids is 1. The molecule has 0 bridgehead atoms. The first-order valence-electron chi connectivity index (χ1n) is 5.92. The molecule has 2 rings (SSSR count). The van der Waals surface area contributed by atoms with Crippen LogP contribution in [-0.2, 0) is 4.79 Å². The van der Waals surface area contributed by atoms with Crippen LogP contribution in [0.1, 0.15) is 18.4 Å². The van der Waals surface area contributed by atoms with Gasteiger partial charge in [0.15, 0.2) is 0 Å². The van der Waals surface area contributed by atoms with E-state index in [1.807, 2.05) is 0 Å². The highest BCUT2D eigenvalue weighted by atomic mass is 35.5. The third kappa shape index (κ3) is 4.27. The normalized spacial score (nSPS) is 13.9. The van der Waals surface area contributed by atoms with Crippen molar-refractivity contribution in [3.05, 3.63) is 29.6 Å². The lowest BCUT2D eigenvalue weighted by Crippen LogP contribution is -2.29. The van der Waals surface area contributed by atoms with E-state index in [0.717, 1.165) is 18.0 Å². The van der Waals surface area contributed by atoms with Gasteiger partial charge in [-0.3, -0.25) is 4.79 Å². The van der Waals surface area contributed by atoms with Crippen molar-refractivity contribution in [3.8, 4) is 0 Å². The van der Waals surface area contributed by atoms with Crippen molar-refractivity contribution in [1.82, 2.24) is 5.32 Å². The van der Waals surface area contributed by atoms with Crippen LogP contribution in [0.2, 0.25) is 0 Å². The van der Waals surface area contributed by atoms with Crippen molar-refractivity contribution in [2.75, 3.05) is 18.4 Å². The zero-order chi connectivity index (χ0) is 12.3. The maximum Gasteiger partial charge on any atom is 0.238 e. The molecule has 0 atom stereocenters. The molecule has 18 heavy (non-hydrogen) atoms. The van der Waals surface area contributed by atoms with Crippen LogP contribution in [0.3, 0.4) is 0 Å². The molecule has 100 valence electrons. The highest BCUT2D eigenvalue weighted by Gasteiger charge is 2.20. The van der Waals surface area contributed by atoms with E-state index >= 15 is 0 Å². The molecule has 5 heteroatoms. The fraction of sp³-hybridized carbons (Fsp3) is 0.462. The average Bonchev–Trinajstić information content (AvgIpc) is 3.08. The fourth-order valence-corrected chi connectivity index (χ4v) is 1.69. The van der Waals surface area contributed by atoms with Gasteiger partial charge in [0.1, 0.15) is 5.82 Å². The number of anilines is 1. The Labute approximate surface area is 113 Å². The lowest BCUT2D eigenvalue weighted by atomic mass is 10.2. The Balaban J connectivity index is 0.00000162. The maximum atomic E-state index is 13.4. The number of aryl methyl sites for hydroxylation is 1. The largest absolute Gasteiger partial charge is 0.322 e. The zero-order valence-corrected chi connectivity index (χ0v) is 11.1. The molecule has 1 aromatic carbocycles. The summed E-state index contributed by atoms with van der Waals surface area (Å²) < 4.78 is 13.4. The monoisotopic (exact) mass is 272 g/mol. The van der Waals surface area contributed by atoms with Gasteiger partial charge < -0.3 is 10.6 Å². The maximum absolute atomic E-state index is 13.4. The van der Waals surface area contributed by atoms with Crippen LogP contribution in [0.5, 0.6) is 0 Å². The summed E-state index contributed by atoms with van der Waals surface area (Å²) in [6, 6.07) is 4.75. The van der Waals surface area contributed by atoms with Crippen LogP contribution >= 0.6 is 12.4 Å². The highest BCUT2D eigenvalue weighted by Crippen LogP contribution is 2.27. The van der Waals surface area contributed by atoms with E-state index in [1.54, 1.807) is 19.1 Å². The zero-order valence-electron chi connectivity index (χ0n) is 10.3. The van der Waals surface area contributed by atoms with Gasteiger partial charge in [-0.1, -0.05) is 12.1 Å². The Morgan fingerprint density at radius 1 is 1.44 bits per heavy atom. The molecule has 1 amide bonds. The molecule has 2 N–H and O–H groups in total. The molecular weight excluding hydrogens is 255 g/mol. The summed E-state index contributed by atoms with van der Waals surface area (Å²) in [6.45, 7) is 2.89. The van der Waals surface area contributed by atoms with E-state index in [4.69, 9.17) is 0 Å². The SMILES string of the molecule is Cc1cccc(F)c1NC(=O)CNCC1CC1.Cl. The minimum atomic E-state index is -0.388. The Morgan fingerprint density at radius 3 is 2.78 bits per heavy atom. The lowest BCUT2D eigenvalue weighted by molar-refractivity contribution is -0.115. The summed E-state index contributed by atoms with van der Waals surface area (Å²) in [5.74, 6) is 0.150. The summed E-state index contributed by atoms with van der Waals surface area (Å²) >= 11 is 0. The standard InChI is InChI=1S/C13H17FN2O.ClH/c1-9-3-2-4-11(14)13(9)16-12(17)8-15-7-10-5-6-10;/h2-4,10,15H,5-8H2,1H3,(H,16,17);1H. The van der Waals surface area contributed by atoms with Crippen LogP contribution in [0.25, 0.3) is 0 Å². The van der Waals surface area contributed by atoms with Crippen LogP contribution in [0.15, 0.2) is 18.2 Å². The van der Waals surface area contributed by atoms with Gasteiger partial charge in [-0.2, -0.15) is 0 Å². The third-order valence-corrected chi connectivity index (χ3v) is 2.90. The van der Waals surface area contributed by atoms with Gasteiger partial charge in [0.2, 0.25) is 5.91 Å². The Morgan fingerprint density at radius 2 is 2.17 bits per heavy atom. The first-order chi connectivity index (χ1) is 8.16. The molecule has 0 aromatic heterocycles. The lowest BCUT2D eigenvalue weighted by Gasteiger charge is -2.09. The molecule has 1 saturated carbocycles. The van der Waals surface area contributed by atoms with Crippen molar-refractivity contribution in [3.63, 3.8) is 0 Å². The molecule has 0 unspecified atom stereocenters. The number of para-hydroxylation sites is 1. The van der Waals surface area contributed by atoms with E-state index in [-0.39, 0.29) is 36.4 Å². The van der Waals surface area contributed by atoms with E-state index in [2.05, 4.69) is 10.6 Å². The van der Waals surface area contributed by atoms with Crippen molar-refractivity contribution in [2.24, 2.45) is 5.92 Å². The Bertz CT molecular complexity index is 401. The number of benzene rings is 1. The quantitative estimate of drug-likeness (QED) is 0.865. The van der Waals surface area contributed by atoms with Gasteiger partial charge in [0.05, 0.1) is 12.2 Å². The Hall–Kier alpha value is -1.13. The van der Waals surface area contributed by atoms with Crippen LogP contribution < -0.4 is 10.6 Å². The van der Waals surface area contributed by atoms with Gasteiger partial charge in [0.25, 0.3) is 0 Å². The summed E-state index contributed by atoms with van der Waals surface area (Å²) in [5, 5.41) is 5.67. The molecule has 0 spiro atoms. The first-order valence-corrected chi connectivity index (χ1v) is 5.92. The number of amides is 1. The van der Waals surface area contributed by atoms with Gasteiger partial charge in [-0.05, 0) is 43.9 Å². The number of nitrogens with one attached hydrogen (secondary N) is 2. The van der Waals surface area contributed by atoms with E-state index in [0.29, 0.717) is 0 Å². The van der Waals surface area contributed by atoms with Gasteiger partial charge in [0, 0.05) is 0 Å². The topological polar surface area (TPSA) is 41.1 Å². The predicted octanol–water partition coefficient (Wildman–Crippen LogP) is 2.49. The number of hydrogen-bond acceptors (Lipinski definition) is 2. The number of halogens is 2. The van der Waals surface area contributed by atoms with E-state index in [1.165, 1.54) is 18.9 Å². The number of carbonyl (C=O) groups is 1. The second-order valence-electron chi connectivity index (χ2n) is 4.55. The van der Waals surface area contributed by atoms with Crippen molar-refractivity contribution in [2.45, 2.75) is 19.8 Å². The third-order valence-electron chi connectivity index (χ3n) is 2.90. The van der Waals surface area contributed by atoms with E-state index in [9.17, 15) is 9.18 Å². The van der Waals surface area contributed by atoms with Crippen LogP contribution in [0, 0.1) is 18.7 Å². The summed E-state index contributed by atoms with van der Waals surface area (Å²) in [4.78, 5) is 11.6. The summed E-state index contributed by atoms with van der Waals surface area (Å²) in [5.41, 5.74) is 1.02. The summed E-state index contributed by atoms with van der Waals surface area (Å²) in [7, 11) is 0. The van der Waals surface area contributed by atoms with Crippen molar-refractivity contribution in [1.29, 1.82) is 0 Å². The number of hydrogen-bond donors (Lipinski definition) is 2. The van der Waals surface area contributed by atoms with Gasteiger partial charge in [-0.25, -0.2) is 4.39 Å². The number of rotatable bonds is 5. The smallest absolute Gasteiger partial charge is 0.238 e. The van der Waals surface area contributed by atoms with Gasteiger partial charge >= 0.3 is 0 Å². The van der Waals surface area contributed by atoms with Crippen LogP contribution in [0.4, 0.5) is 10.1 Å².